The van der Waals surface area contributed by atoms with E-state index in [-0.39, 0.29) is 5.76 Å². The van der Waals surface area contributed by atoms with Crippen LogP contribution in [0.15, 0.2) is 36.1 Å². The van der Waals surface area contributed by atoms with Gasteiger partial charge in [-0.3, -0.25) is 0 Å². The Morgan fingerprint density at radius 1 is 1.19 bits per heavy atom. The lowest BCUT2D eigenvalue weighted by atomic mass is 10.3. The summed E-state index contributed by atoms with van der Waals surface area (Å²) < 4.78 is 15.1. The van der Waals surface area contributed by atoms with Crippen molar-refractivity contribution in [2.45, 2.75) is 6.92 Å². The summed E-state index contributed by atoms with van der Waals surface area (Å²) in [6.45, 7) is 1.70. The summed E-state index contributed by atoms with van der Waals surface area (Å²) >= 11 is 0. The SMILES string of the molecule is CC=C(Oc1ccccc1OC)C(=O)OC. The number of esters is 1. The number of carbonyl (C=O) groups is 1. The largest absolute Gasteiger partial charge is 0.493 e. The summed E-state index contributed by atoms with van der Waals surface area (Å²) in [5.41, 5.74) is 0. The van der Waals surface area contributed by atoms with Crippen molar-refractivity contribution < 1.29 is 19.0 Å². The van der Waals surface area contributed by atoms with Crippen LogP contribution >= 0.6 is 0 Å². The van der Waals surface area contributed by atoms with E-state index < -0.39 is 5.97 Å². The molecule has 0 radical (unpaired) electrons. The quantitative estimate of drug-likeness (QED) is 0.445. The Hall–Kier alpha value is -1.97. The zero-order valence-electron chi connectivity index (χ0n) is 9.52. The van der Waals surface area contributed by atoms with Gasteiger partial charge in [0.2, 0.25) is 5.76 Å². The van der Waals surface area contributed by atoms with E-state index >= 15 is 0 Å². The highest BCUT2D eigenvalue weighted by Gasteiger charge is 2.13. The molecule has 0 saturated carbocycles. The van der Waals surface area contributed by atoms with Crippen molar-refractivity contribution in [2.75, 3.05) is 14.2 Å². The zero-order chi connectivity index (χ0) is 12.0. The molecule has 1 aromatic carbocycles. The number of methoxy groups -OCH3 is 2. The Kier molecular flexibility index (Phi) is 4.39. The van der Waals surface area contributed by atoms with Crippen LogP contribution in [0.4, 0.5) is 0 Å². The second-order valence-electron chi connectivity index (χ2n) is 2.90. The lowest BCUT2D eigenvalue weighted by molar-refractivity contribution is -0.138. The summed E-state index contributed by atoms with van der Waals surface area (Å²) in [7, 11) is 2.84. The fraction of sp³-hybridized carbons (Fsp3) is 0.250. The van der Waals surface area contributed by atoms with Crippen molar-refractivity contribution in [3.05, 3.63) is 36.1 Å². The van der Waals surface area contributed by atoms with Gasteiger partial charge in [-0.1, -0.05) is 12.1 Å². The van der Waals surface area contributed by atoms with E-state index in [1.165, 1.54) is 20.3 Å². The fourth-order valence-corrected chi connectivity index (χ4v) is 1.14. The smallest absolute Gasteiger partial charge is 0.373 e. The molecule has 0 N–H and O–H groups in total. The Bertz CT molecular complexity index is 396. The minimum absolute atomic E-state index is 0.131. The number of rotatable bonds is 4. The molecule has 0 spiro atoms. The molecule has 4 heteroatoms. The third kappa shape index (κ3) is 2.76. The molecule has 0 unspecified atom stereocenters. The third-order valence-corrected chi connectivity index (χ3v) is 1.94. The van der Waals surface area contributed by atoms with E-state index in [9.17, 15) is 4.79 Å². The summed E-state index contributed by atoms with van der Waals surface area (Å²) in [5, 5.41) is 0. The molecular weight excluding hydrogens is 208 g/mol. The molecule has 0 fully saturated rings. The number of ether oxygens (including phenoxy) is 3. The molecule has 0 bridgehead atoms. The first-order valence-electron chi connectivity index (χ1n) is 4.78. The van der Waals surface area contributed by atoms with E-state index in [1.54, 1.807) is 25.1 Å². The molecule has 1 rings (SSSR count). The standard InChI is InChI=1S/C12H14O4/c1-4-9(12(13)15-3)16-11-8-6-5-7-10(11)14-2/h4-8H,1-3H3. The summed E-state index contributed by atoms with van der Waals surface area (Å²) in [6.07, 6.45) is 1.54. The highest BCUT2D eigenvalue weighted by molar-refractivity contribution is 5.86. The predicted octanol–water partition coefficient (Wildman–Crippen LogP) is 2.15. The summed E-state index contributed by atoms with van der Waals surface area (Å²) in [5.74, 6) is 0.648. The Labute approximate surface area is 94.4 Å². The average molecular weight is 222 g/mol. The van der Waals surface area contributed by atoms with Crippen LogP contribution in [-0.4, -0.2) is 20.2 Å². The van der Waals surface area contributed by atoms with Gasteiger partial charge in [0.25, 0.3) is 0 Å². The third-order valence-electron chi connectivity index (χ3n) is 1.94. The maximum Gasteiger partial charge on any atom is 0.373 e. The molecule has 0 saturated heterocycles. The van der Waals surface area contributed by atoms with Gasteiger partial charge in [0, 0.05) is 0 Å². The number of hydrogen-bond acceptors (Lipinski definition) is 4. The lowest BCUT2D eigenvalue weighted by Crippen LogP contribution is -2.10. The minimum Gasteiger partial charge on any atom is -0.493 e. The molecule has 0 heterocycles. The van der Waals surface area contributed by atoms with Crippen LogP contribution < -0.4 is 9.47 Å². The van der Waals surface area contributed by atoms with Gasteiger partial charge >= 0.3 is 5.97 Å². The van der Waals surface area contributed by atoms with Gasteiger partial charge in [0.15, 0.2) is 11.5 Å². The first kappa shape index (κ1) is 12.1. The van der Waals surface area contributed by atoms with Gasteiger partial charge < -0.3 is 14.2 Å². The topological polar surface area (TPSA) is 44.8 Å². The first-order chi connectivity index (χ1) is 7.72. The molecule has 0 aromatic heterocycles. The van der Waals surface area contributed by atoms with Crippen LogP contribution in [0, 0.1) is 0 Å². The normalized spacial score (nSPS) is 10.8. The maximum absolute atomic E-state index is 11.3. The molecule has 0 amide bonds. The molecule has 4 nitrogen and oxygen atoms in total. The van der Waals surface area contributed by atoms with Gasteiger partial charge in [0.05, 0.1) is 14.2 Å². The Morgan fingerprint density at radius 2 is 1.81 bits per heavy atom. The van der Waals surface area contributed by atoms with Crippen molar-refractivity contribution >= 4 is 5.97 Å². The van der Waals surface area contributed by atoms with Crippen molar-refractivity contribution in [3.63, 3.8) is 0 Å². The summed E-state index contributed by atoms with van der Waals surface area (Å²) in [6, 6.07) is 7.08. The zero-order valence-corrected chi connectivity index (χ0v) is 9.52. The molecular formula is C12H14O4. The molecule has 0 atom stereocenters. The fourth-order valence-electron chi connectivity index (χ4n) is 1.14. The van der Waals surface area contributed by atoms with Crippen LogP contribution in [0.1, 0.15) is 6.92 Å². The van der Waals surface area contributed by atoms with E-state index in [0.717, 1.165) is 0 Å². The van der Waals surface area contributed by atoms with Crippen LogP contribution in [-0.2, 0) is 9.53 Å². The summed E-state index contributed by atoms with van der Waals surface area (Å²) in [4.78, 5) is 11.3. The maximum atomic E-state index is 11.3. The molecule has 16 heavy (non-hydrogen) atoms. The molecule has 0 aliphatic rings. The van der Waals surface area contributed by atoms with Crippen molar-refractivity contribution in [1.82, 2.24) is 0 Å². The number of hydrogen-bond donors (Lipinski definition) is 0. The molecule has 86 valence electrons. The lowest BCUT2D eigenvalue weighted by Gasteiger charge is -2.10. The monoisotopic (exact) mass is 222 g/mol. The van der Waals surface area contributed by atoms with E-state index in [1.807, 2.05) is 6.07 Å². The number of para-hydroxylation sites is 2. The van der Waals surface area contributed by atoms with Gasteiger partial charge in [-0.15, -0.1) is 0 Å². The highest BCUT2D eigenvalue weighted by Crippen LogP contribution is 2.27. The molecule has 0 aliphatic heterocycles. The predicted molar refractivity (Wildman–Crippen MR) is 59.4 cm³/mol. The van der Waals surface area contributed by atoms with Gasteiger partial charge in [-0.2, -0.15) is 0 Å². The van der Waals surface area contributed by atoms with Crippen LogP contribution in [0.2, 0.25) is 0 Å². The van der Waals surface area contributed by atoms with Gasteiger partial charge in [0.1, 0.15) is 0 Å². The second-order valence-corrected chi connectivity index (χ2v) is 2.90. The Balaban J connectivity index is 2.90. The van der Waals surface area contributed by atoms with Crippen LogP contribution in [0.3, 0.4) is 0 Å². The van der Waals surface area contributed by atoms with Crippen molar-refractivity contribution in [2.24, 2.45) is 0 Å². The molecule has 1 aromatic rings. The van der Waals surface area contributed by atoms with Crippen molar-refractivity contribution in [1.29, 1.82) is 0 Å². The van der Waals surface area contributed by atoms with Gasteiger partial charge in [-0.25, -0.2) is 4.79 Å². The van der Waals surface area contributed by atoms with E-state index in [4.69, 9.17) is 9.47 Å². The molecule has 0 aliphatic carbocycles. The average Bonchev–Trinajstić information content (AvgIpc) is 2.35. The minimum atomic E-state index is -0.520. The highest BCUT2D eigenvalue weighted by atomic mass is 16.6. The van der Waals surface area contributed by atoms with Crippen molar-refractivity contribution in [3.8, 4) is 11.5 Å². The Morgan fingerprint density at radius 3 is 2.31 bits per heavy atom. The van der Waals surface area contributed by atoms with E-state index in [0.29, 0.717) is 11.5 Å². The van der Waals surface area contributed by atoms with Crippen LogP contribution in [0.5, 0.6) is 11.5 Å². The number of carbonyl (C=O) groups excluding carboxylic acids is 1. The van der Waals surface area contributed by atoms with E-state index in [2.05, 4.69) is 4.74 Å². The second kappa shape index (κ2) is 5.80. The first-order valence-corrected chi connectivity index (χ1v) is 4.78. The number of allylic oxidation sites excluding steroid dienone is 1. The van der Waals surface area contributed by atoms with Crippen LogP contribution in [0.25, 0.3) is 0 Å². The number of benzene rings is 1. The van der Waals surface area contributed by atoms with Gasteiger partial charge in [-0.05, 0) is 25.1 Å².